The molecule has 2 fully saturated rings. The molecule has 11 heteroatoms. The molecule has 36 heavy (non-hydrogen) atoms. The summed E-state index contributed by atoms with van der Waals surface area (Å²) in [5, 5.41) is 22.4. The van der Waals surface area contributed by atoms with E-state index in [0.717, 1.165) is 12.8 Å². The number of aryl methyl sites for hydroxylation is 1. The van der Waals surface area contributed by atoms with Crippen molar-refractivity contribution in [3.05, 3.63) is 41.6 Å². The van der Waals surface area contributed by atoms with Gasteiger partial charge in [0.2, 0.25) is 5.91 Å². The lowest BCUT2D eigenvalue weighted by Gasteiger charge is -2.36. The normalized spacial score (nSPS) is 19.9. The molecule has 2 atom stereocenters. The van der Waals surface area contributed by atoms with Crippen molar-refractivity contribution in [2.75, 3.05) is 26.3 Å². The van der Waals surface area contributed by atoms with E-state index in [-0.39, 0.29) is 6.54 Å². The molecule has 3 heterocycles. The Kier molecular flexibility index (Phi) is 6.59. The molecule has 2 amide bonds. The van der Waals surface area contributed by atoms with Gasteiger partial charge >= 0.3 is 0 Å². The first-order valence-corrected chi connectivity index (χ1v) is 12.0. The van der Waals surface area contributed by atoms with Crippen LogP contribution >= 0.6 is 0 Å². The Bertz CT molecular complexity index is 1310. The first-order chi connectivity index (χ1) is 17.4. The summed E-state index contributed by atoms with van der Waals surface area (Å²) in [7, 11) is 0. The maximum atomic E-state index is 14.0. The number of aromatic amines is 1. The number of H-pyrrole nitrogens is 1. The van der Waals surface area contributed by atoms with Crippen molar-refractivity contribution < 1.29 is 28.9 Å². The minimum atomic E-state index is -0.973. The summed E-state index contributed by atoms with van der Waals surface area (Å²) in [6.45, 7) is 1.97. The van der Waals surface area contributed by atoms with Crippen LogP contribution in [0.5, 0.6) is 5.75 Å². The van der Waals surface area contributed by atoms with Gasteiger partial charge in [0, 0.05) is 30.4 Å². The summed E-state index contributed by atoms with van der Waals surface area (Å²) >= 11 is 0. The molecule has 2 aromatic heterocycles. The van der Waals surface area contributed by atoms with E-state index >= 15 is 0 Å². The van der Waals surface area contributed by atoms with Crippen LogP contribution in [-0.4, -0.2) is 80.3 Å². The highest BCUT2D eigenvalue weighted by atomic mass is 19.1. The number of carbonyl (C=O) groups is 2. The number of halogens is 1. The zero-order valence-corrected chi connectivity index (χ0v) is 19.8. The van der Waals surface area contributed by atoms with Gasteiger partial charge in [-0.05, 0) is 44.2 Å². The topological polar surface area (TPSA) is 141 Å². The first-order valence-electron chi connectivity index (χ1n) is 12.0. The molecule has 3 aromatic rings. The van der Waals surface area contributed by atoms with Gasteiger partial charge in [0.1, 0.15) is 35.7 Å². The van der Waals surface area contributed by atoms with Crippen LogP contribution in [0.3, 0.4) is 0 Å². The summed E-state index contributed by atoms with van der Waals surface area (Å²) in [4.78, 5) is 38.3. The Morgan fingerprint density at radius 3 is 2.81 bits per heavy atom. The van der Waals surface area contributed by atoms with E-state index in [9.17, 15) is 19.1 Å². The first kappa shape index (κ1) is 24.1. The lowest BCUT2D eigenvalue weighted by atomic mass is 10.0. The quantitative estimate of drug-likeness (QED) is 0.388. The third-order valence-electron chi connectivity index (χ3n) is 6.76. The SMILES string of the molecule is Cc1[nH]c2c(-c3ccc(F)cc3OCC3CC3)ncnc2c1C(=O)N[C@@H]1CCN(C(=O)CO)C[C@@H]1O. The second kappa shape index (κ2) is 9.82. The molecular weight excluding hydrogens is 469 g/mol. The van der Waals surface area contributed by atoms with Crippen molar-refractivity contribution in [1.82, 2.24) is 25.2 Å². The smallest absolute Gasteiger partial charge is 0.255 e. The highest BCUT2D eigenvalue weighted by Crippen LogP contribution is 2.36. The predicted molar refractivity (Wildman–Crippen MR) is 128 cm³/mol. The number of piperidine rings is 1. The number of aliphatic hydroxyl groups excluding tert-OH is 2. The Balaban J connectivity index is 1.42. The van der Waals surface area contributed by atoms with Crippen molar-refractivity contribution in [1.29, 1.82) is 0 Å². The number of β-amino-alcohol motifs (C(OH)–C–C–N with tert-alkyl or cyclic N) is 1. The van der Waals surface area contributed by atoms with E-state index in [1.54, 1.807) is 13.0 Å². The molecule has 190 valence electrons. The summed E-state index contributed by atoms with van der Waals surface area (Å²) in [5.74, 6) is -0.426. The van der Waals surface area contributed by atoms with Crippen LogP contribution in [0.1, 0.15) is 35.3 Å². The highest BCUT2D eigenvalue weighted by Gasteiger charge is 2.32. The molecule has 5 rings (SSSR count). The van der Waals surface area contributed by atoms with Gasteiger partial charge in [-0.3, -0.25) is 9.59 Å². The third kappa shape index (κ3) is 4.76. The van der Waals surface area contributed by atoms with Crippen molar-refractivity contribution in [2.45, 2.75) is 38.3 Å². The minimum absolute atomic E-state index is 0.0255. The maximum absolute atomic E-state index is 14.0. The fraction of sp³-hybridized carbons (Fsp3) is 0.440. The van der Waals surface area contributed by atoms with Crippen LogP contribution in [0, 0.1) is 18.7 Å². The van der Waals surface area contributed by atoms with Crippen LogP contribution in [-0.2, 0) is 4.79 Å². The average molecular weight is 498 g/mol. The number of fused-ring (bicyclic) bond motifs is 1. The van der Waals surface area contributed by atoms with E-state index in [1.165, 1.54) is 23.4 Å². The number of benzene rings is 1. The fourth-order valence-electron chi connectivity index (χ4n) is 4.57. The lowest BCUT2D eigenvalue weighted by Crippen LogP contribution is -2.55. The molecular formula is C25H28FN5O5. The number of aliphatic hydroxyl groups is 2. The largest absolute Gasteiger partial charge is 0.492 e. The van der Waals surface area contributed by atoms with E-state index in [2.05, 4.69) is 20.3 Å². The number of ether oxygens (including phenoxy) is 1. The highest BCUT2D eigenvalue weighted by molar-refractivity contribution is 6.09. The fourth-order valence-corrected chi connectivity index (χ4v) is 4.57. The standard InChI is InChI=1S/C25H28FN5O5/c1-13-21(25(35)30-17-6-7-31(9-18(17)33)20(34)10-32)23-24(29-13)22(27-12-28-23)16-5-4-15(26)8-19(16)36-11-14-2-3-14/h4-5,8,12,14,17-18,29,32-33H,2-3,6-7,9-11H2,1H3,(H,30,35)/t17-,18+/m1/s1. The third-order valence-corrected chi connectivity index (χ3v) is 6.76. The number of nitrogens with zero attached hydrogens (tertiary/aromatic N) is 3. The van der Waals surface area contributed by atoms with Gasteiger partial charge in [-0.25, -0.2) is 14.4 Å². The van der Waals surface area contributed by atoms with Gasteiger partial charge in [0.05, 0.1) is 29.8 Å². The Morgan fingerprint density at radius 1 is 1.28 bits per heavy atom. The molecule has 1 aliphatic heterocycles. The van der Waals surface area contributed by atoms with Crippen LogP contribution in [0.25, 0.3) is 22.3 Å². The molecule has 1 aromatic carbocycles. The zero-order valence-electron chi connectivity index (χ0n) is 19.8. The monoisotopic (exact) mass is 497 g/mol. The van der Waals surface area contributed by atoms with Crippen molar-refractivity contribution >= 4 is 22.8 Å². The van der Waals surface area contributed by atoms with E-state index < -0.39 is 36.4 Å². The van der Waals surface area contributed by atoms with Crippen molar-refractivity contribution in [3.8, 4) is 17.0 Å². The van der Waals surface area contributed by atoms with Crippen molar-refractivity contribution in [2.24, 2.45) is 5.92 Å². The predicted octanol–water partition coefficient (Wildman–Crippen LogP) is 1.55. The number of hydrogen-bond donors (Lipinski definition) is 4. The number of hydrogen-bond acceptors (Lipinski definition) is 7. The van der Waals surface area contributed by atoms with Crippen LogP contribution in [0.15, 0.2) is 24.5 Å². The van der Waals surface area contributed by atoms with E-state index in [0.29, 0.717) is 64.8 Å². The van der Waals surface area contributed by atoms with Gasteiger partial charge in [0.15, 0.2) is 0 Å². The van der Waals surface area contributed by atoms with Gasteiger partial charge in [-0.1, -0.05) is 0 Å². The number of likely N-dealkylation sites (tertiary alicyclic amines) is 1. The summed E-state index contributed by atoms with van der Waals surface area (Å²) in [6.07, 6.45) is 2.92. The molecule has 4 N–H and O–H groups in total. The maximum Gasteiger partial charge on any atom is 0.255 e. The average Bonchev–Trinajstić information content (AvgIpc) is 3.63. The van der Waals surface area contributed by atoms with Crippen LogP contribution in [0.4, 0.5) is 4.39 Å². The molecule has 10 nitrogen and oxygen atoms in total. The molecule has 0 bridgehead atoms. The number of aromatic nitrogens is 3. The molecule has 2 aliphatic rings. The Hall–Kier alpha value is -3.57. The Morgan fingerprint density at radius 2 is 2.08 bits per heavy atom. The zero-order chi connectivity index (χ0) is 25.4. The van der Waals surface area contributed by atoms with Crippen LogP contribution in [0.2, 0.25) is 0 Å². The van der Waals surface area contributed by atoms with Gasteiger partial charge < -0.3 is 30.2 Å². The lowest BCUT2D eigenvalue weighted by molar-refractivity contribution is -0.137. The van der Waals surface area contributed by atoms with Gasteiger partial charge in [-0.15, -0.1) is 0 Å². The molecule has 1 aliphatic carbocycles. The summed E-state index contributed by atoms with van der Waals surface area (Å²) < 4.78 is 19.9. The van der Waals surface area contributed by atoms with E-state index in [1.807, 2.05) is 0 Å². The number of carbonyl (C=O) groups excluding carboxylic acids is 2. The molecule has 0 unspecified atom stereocenters. The number of amides is 2. The van der Waals surface area contributed by atoms with Gasteiger partial charge in [0.25, 0.3) is 5.91 Å². The molecule has 0 spiro atoms. The molecule has 1 saturated heterocycles. The second-order valence-corrected chi connectivity index (χ2v) is 9.40. The van der Waals surface area contributed by atoms with E-state index in [4.69, 9.17) is 9.84 Å². The van der Waals surface area contributed by atoms with Crippen LogP contribution < -0.4 is 10.1 Å². The minimum Gasteiger partial charge on any atom is -0.492 e. The second-order valence-electron chi connectivity index (χ2n) is 9.40. The molecule has 0 radical (unpaired) electrons. The number of rotatable bonds is 7. The number of nitrogens with one attached hydrogen (secondary N) is 2. The van der Waals surface area contributed by atoms with Gasteiger partial charge in [-0.2, -0.15) is 0 Å². The Labute approximate surface area is 206 Å². The summed E-state index contributed by atoms with van der Waals surface area (Å²) in [5.41, 5.74) is 2.88. The van der Waals surface area contributed by atoms with Crippen molar-refractivity contribution in [3.63, 3.8) is 0 Å². The molecule has 1 saturated carbocycles. The summed E-state index contributed by atoms with van der Waals surface area (Å²) in [6, 6.07) is 3.72.